The predicted octanol–water partition coefficient (Wildman–Crippen LogP) is 3.10. The van der Waals surface area contributed by atoms with Crippen LogP contribution in [0.25, 0.3) is 22.2 Å². The highest BCUT2D eigenvalue weighted by Gasteiger charge is 2.14. The molecule has 0 atom stereocenters. The van der Waals surface area contributed by atoms with Gasteiger partial charge < -0.3 is 10.7 Å². The number of nitrogens with two attached hydrogens (primary N) is 1. The number of H-pyrrole nitrogens is 2. The molecule has 5 heteroatoms. The van der Waals surface area contributed by atoms with Crippen LogP contribution in [0.2, 0.25) is 5.02 Å². The molecule has 0 fully saturated rings. The van der Waals surface area contributed by atoms with Gasteiger partial charge in [-0.25, -0.2) is 0 Å². The van der Waals surface area contributed by atoms with Crippen molar-refractivity contribution >= 4 is 28.2 Å². The van der Waals surface area contributed by atoms with Crippen LogP contribution in [-0.2, 0) is 0 Å². The van der Waals surface area contributed by atoms with Crippen LogP contribution in [0.15, 0.2) is 24.4 Å². The molecule has 86 valence electrons. The maximum atomic E-state index is 5.97. The average molecular weight is 247 g/mol. The van der Waals surface area contributed by atoms with E-state index in [1.807, 2.05) is 25.1 Å². The monoisotopic (exact) mass is 246 g/mol. The Kier molecular flexibility index (Phi) is 2.12. The first kappa shape index (κ1) is 10.2. The molecule has 2 heterocycles. The summed E-state index contributed by atoms with van der Waals surface area (Å²) in [5, 5.41) is 8.68. The quantitative estimate of drug-likeness (QED) is 0.617. The third kappa shape index (κ3) is 1.49. The average Bonchev–Trinajstić information content (AvgIpc) is 2.80. The molecule has 0 saturated heterocycles. The molecule has 4 N–H and O–H groups in total. The Hall–Kier alpha value is -1.94. The van der Waals surface area contributed by atoms with E-state index < -0.39 is 0 Å². The van der Waals surface area contributed by atoms with Gasteiger partial charge >= 0.3 is 0 Å². The maximum absolute atomic E-state index is 5.97. The molecule has 0 saturated carbocycles. The zero-order chi connectivity index (χ0) is 12.0. The Labute approximate surface area is 103 Å². The summed E-state index contributed by atoms with van der Waals surface area (Å²) in [7, 11) is 0. The Balaban J connectivity index is 2.37. The fourth-order valence-electron chi connectivity index (χ4n) is 2.12. The number of halogens is 1. The van der Waals surface area contributed by atoms with Crippen LogP contribution >= 0.6 is 11.6 Å². The Bertz CT molecular complexity index is 696. The summed E-state index contributed by atoms with van der Waals surface area (Å²) in [4.78, 5) is 3.30. The maximum Gasteiger partial charge on any atom is 0.0904 e. The molecular formula is C12H11ClN4. The number of rotatable bonds is 1. The molecule has 3 rings (SSSR count). The first-order chi connectivity index (χ1) is 8.16. The Morgan fingerprint density at radius 1 is 1.35 bits per heavy atom. The highest BCUT2D eigenvalue weighted by Crippen LogP contribution is 2.34. The zero-order valence-electron chi connectivity index (χ0n) is 9.21. The predicted molar refractivity (Wildman–Crippen MR) is 70.0 cm³/mol. The molecule has 4 nitrogen and oxygen atoms in total. The number of nitrogens with zero attached hydrogens (tertiary/aromatic N) is 1. The van der Waals surface area contributed by atoms with Crippen LogP contribution in [0.3, 0.4) is 0 Å². The third-order valence-electron chi connectivity index (χ3n) is 2.87. The van der Waals surface area contributed by atoms with Crippen molar-refractivity contribution in [1.29, 1.82) is 0 Å². The molecule has 17 heavy (non-hydrogen) atoms. The normalized spacial score (nSPS) is 11.2. The first-order valence-electron chi connectivity index (χ1n) is 5.24. The van der Waals surface area contributed by atoms with Crippen LogP contribution in [-0.4, -0.2) is 15.2 Å². The lowest BCUT2D eigenvalue weighted by molar-refractivity contribution is 1.09. The van der Waals surface area contributed by atoms with Gasteiger partial charge in [-0.15, -0.1) is 0 Å². The number of nitrogens with one attached hydrogen (secondary N) is 2. The standard InChI is InChI=1S/C12H11ClN4/c1-6-11(12-9(14)5-15-17-12)8-3-2-7(13)4-10(8)16-6/h2-5,16H,14H2,1H3,(H,15,17). The van der Waals surface area contributed by atoms with Gasteiger partial charge in [-0.1, -0.05) is 17.7 Å². The van der Waals surface area contributed by atoms with Crippen LogP contribution in [0.1, 0.15) is 5.69 Å². The second-order valence-corrected chi connectivity index (χ2v) is 4.45. The number of fused-ring (bicyclic) bond motifs is 1. The van der Waals surface area contributed by atoms with Crippen molar-refractivity contribution in [3.8, 4) is 11.3 Å². The van der Waals surface area contributed by atoms with Gasteiger partial charge in [-0.3, -0.25) is 5.10 Å². The molecule has 0 spiro atoms. The van der Waals surface area contributed by atoms with Gasteiger partial charge in [0.1, 0.15) is 0 Å². The Morgan fingerprint density at radius 2 is 2.18 bits per heavy atom. The van der Waals surface area contributed by atoms with E-state index in [-0.39, 0.29) is 0 Å². The van der Waals surface area contributed by atoms with Crippen molar-refractivity contribution in [3.05, 3.63) is 35.1 Å². The zero-order valence-corrected chi connectivity index (χ0v) is 9.97. The number of aromatic amines is 2. The Morgan fingerprint density at radius 3 is 2.88 bits per heavy atom. The largest absolute Gasteiger partial charge is 0.396 e. The van der Waals surface area contributed by atoms with Gasteiger partial charge in [0, 0.05) is 27.2 Å². The van der Waals surface area contributed by atoms with Crippen molar-refractivity contribution < 1.29 is 0 Å². The SMILES string of the molecule is Cc1[nH]c2cc(Cl)ccc2c1-c1[nH]ncc1N. The van der Waals surface area contributed by atoms with E-state index in [4.69, 9.17) is 17.3 Å². The third-order valence-corrected chi connectivity index (χ3v) is 3.10. The van der Waals surface area contributed by atoms with Gasteiger partial charge in [0.2, 0.25) is 0 Å². The van der Waals surface area contributed by atoms with Gasteiger partial charge in [0.25, 0.3) is 0 Å². The molecule has 0 aliphatic carbocycles. The van der Waals surface area contributed by atoms with Crippen molar-refractivity contribution in [2.75, 3.05) is 5.73 Å². The van der Waals surface area contributed by atoms with E-state index >= 15 is 0 Å². The van der Waals surface area contributed by atoms with E-state index in [0.717, 1.165) is 27.9 Å². The van der Waals surface area contributed by atoms with Crippen molar-refractivity contribution in [1.82, 2.24) is 15.2 Å². The van der Waals surface area contributed by atoms with Crippen molar-refractivity contribution in [3.63, 3.8) is 0 Å². The summed E-state index contributed by atoms with van der Waals surface area (Å²) < 4.78 is 0. The van der Waals surface area contributed by atoms with E-state index in [9.17, 15) is 0 Å². The summed E-state index contributed by atoms with van der Waals surface area (Å²) in [6.45, 7) is 2.00. The second-order valence-electron chi connectivity index (χ2n) is 4.02. The van der Waals surface area contributed by atoms with E-state index in [0.29, 0.717) is 10.7 Å². The first-order valence-corrected chi connectivity index (χ1v) is 5.61. The van der Waals surface area contributed by atoms with E-state index in [1.165, 1.54) is 0 Å². The highest BCUT2D eigenvalue weighted by molar-refractivity contribution is 6.31. The second kappa shape index (κ2) is 3.53. The molecule has 1 aromatic carbocycles. The minimum Gasteiger partial charge on any atom is -0.396 e. The molecule has 0 radical (unpaired) electrons. The summed E-state index contributed by atoms with van der Waals surface area (Å²) in [5.74, 6) is 0. The minimum absolute atomic E-state index is 0.643. The number of aromatic nitrogens is 3. The van der Waals surface area contributed by atoms with Crippen molar-refractivity contribution in [2.24, 2.45) is 0 Å². The smallest absolute Gasteiger partial charge is 0.0904 e. The van der Waals surface area contributed by atoms with Crippen molar-refractivity contribution in [2.45, 2.75) is 6.92 Å². The van der Waals surface area contributed by atoms with Crippen LogP contribution in [0.4, 0.5) is 5.69 Å². The minimum atomic E-state index is 0.643. The molecule has 0 aliphatic heterocycles. The molecule has 0 bridgehead atoms. The van der Waals surface area contributed by atoms with Gasteiger partial charge in [-0.05, 0) is 19.1 Å². The fraction of sp³-hybridized carbons (Fsp3) is 0.0833. The van der Waals surface area contributed by atoms with E-state index in [1.54, 1.807) is 6.20 Å². The number of hydrogen-bond acceptors (Lipinski definition) is 2. The molecule has 0 amide bonds. The summed E-state index contributed by atoms with van der Waals surface area (Å²) in [6, 6.07) is 5.75. The number of nitrogen functional groups attached to an aromatic ring is 1. The number of benzene rings is 1. The number of anilines is 1. The lowest BCUT2D eigenvalue weighted by atomic mass is 10.1. The van der Waals surface area contributed by atoms with Gasteiger partial charge in [-0.2, -0.15) is 5.10 Å². The van der Waals surface area contributed by atoms with Gasteiger partial charge in [0.15, 0.2) is 0 Å². The van der Waals surface area contributed by atoms with Crippen LogP contribution in [0.5, 0.6) is 0 Å². The highest BCUT2D eigenvalue weighted by atomic mass is 35.5. The molecule has 0 aliphatic rings. The molecular weight excluding hydrogens is 236 g/mol. The van der Waals surface area contributed by atoms with Crippen LogP contribution < -0.4 is 5.73 Å². The van der Waals surface area contributed by atoms with Gasteiger partial charge in [0.05, 0.1) is 17.6 Å². The summed E-state index contributed by atoms with van der Waals surface area (Å²) >= 11 is 5.97. The molecule has 0 unspecified atom stereocenters. The van der Waals surface area contributed by atoms with Crippen LogP contribution in [0, 0.1) is 6.92 Å². The number of aryl methyl sites for hydroxylation is 1. The van der Waals surface area contributed by atoms with E-state index in [2.05, 4.69) is 15.2 Å². The number of hydrogen-bond donors (Lipinski definition) is 3. The summed E-state index contributed by atoms with van der Waals surface area (Å²) in [6.07, 6.45) is 1.61. The topological polar surface area (TPSA) is 70.5 Å². The molecule has 2 aromatic heterocycles. The summed E-state index contributed by atoms with van der Waals surface area (Å²) in [5.41, 5.74) is 10.5. The fourth-order valence-corrected chi connectivity index (χ4v) is 2.29. The lowest BCUT2D eigenvalue weighted by Crippen LogP contribution is -1.87. The lowest BCUT2D eigenvalue weighted by Gasteiger charge is -1.99. The molecule has 3 aromatic rings.